The average molecular weight is 212 g/mol. The van der Waals surface area contributed by atoms with E-state index in [0.29, 0.717) is 6.54 Å². The first kappa shape index (κ1) is 10.4. The molecule has 1 spiro atoms. The molecule has 1 atom stereocenters. The molecular formula is C10H16N2O3. The van der Waals surface area contributed by atoms with Gasteiger partial charge in [-0.05, 0) is 19.8 Å². The zero-order valence-corrected chi connectivity index (χ0v) is 9.08. The number of hydrogen-bond acceptors (Lipinski definition) is 4. The quantitative estimate of drug-likeness (QED) is 0.661. The zero-order valence-electron chi connectivity index (χ0n) is 9.08. The van der Waals surface area contributed by atoms with E-state index in [4.69, 9.17) is 0 Å². The van der Waals surface area contributed by atoms with Gasteiger partial charge >= 0.3 is 5.97 Å². The van der Waals surface area contributed by atoms with E-state index < -0.39 is 0 Å². The van der Waals surface area contributed by atoms with Gasteiger partial charge in [-0.1, -0.05) is 0 Å². The summed E-state index contributed by atoms with van der Waals surface area (Å²) in [4.78, 5) is 24.6. The van der Waals surface area contributed by atoms with E-state index in [2.05, 4.69) is 10.1 Å². The van der Waals surface area contributed by atoms with Crippen molar-refractivity contribution in [3.63, 3.8) is 0 Å². The summed E-state index contributed by atoms with van der Waals surface area (Å²) in [7, 11) is 1.36. The molecule has 1 heterocycles. The molecule has 0 bridgehead atoms. The topological polar surface area (TPSA) is 58.6 Å². The summed E-state index contributed by atoms with van der Waals surface area (Å²) in [5.41, 5.74) is -0.282. The lowest BCUT2D eigenvalue weighted by Gasteiger charge is -2.19. The van der Waals surface area contributed by atoms with Crippen molar-refractivity contribution < 1.29 is 14.3 Å². The number of hydrogen-bond donors (Lipinski definition) is 1. The van der Waals surface area contributed by atoms with Gasteiger partial charge in [-0.25, -0.2) is 0 Å². The van der Waals surface area contributed by atoms with Crippen LogP contribution in [0.4, 0.5) is 0 Å². The lowest BCUT2D eigenvalue weighted by Crippen LogP contribution is -2.36. The Labute approximate surface area is 88.8 Å². The number of nitrogens with zero attached hydrogens (tertiary/aromatic N) is 1. The van der Waals surface area contributed by atoms with Crippen molar-refractivity contribution in [3.8, 4) is 0 Å². The van der Waals surface area contributed by atoms with Crippen LogP contribution >= 0.6 is 0 Å². The number of amides is 1. The van der Waals surface area contributed by atoms with E-state index in [1.165, 1.54) is 7.11 Å². The van der Waals surface area contributed by atoms with Crippen molar-refractivity contribution in [2.45, 2.75) is 37.9 Å². The molecule has 0 aromatic rings. The third-order valence-electron chi connectivity index (χ3n) is 3.16. The first-order valence-corrected chi connectivity index (χ1v) is 5.25. The summed E-state index contributed by atoms with van der Waals surface area (Å²) in [6.45, 7) is 2.39. The first-order valence-electron chi connectivity index (χ1n) is 5.25. The summed E-state index contributed by atoms with van der Waals surface area (Å²) in [6.07, 6.45) is 2.14. The Balaban J connectivity index is 1.92. The molecule has 5 heteroatoms. The molecule has 0 aromatic carbocycles. The Hall–Kier alpha value is -1.10. The predicted octanol–water partition coefficient (Wildman–Crippen LogP) is -0.140. The molecule has 1 unspecified atom stereocenters. The summed E-state index contributed by atoms with van der Waals surface area (Å²) in [5.74, 6) is -0.134. The number of esters is 1. The smallest absolute Gasteiger partial charge is 0.307 e. The molecule has 1 saturated heterocycles. The highest BCUT2D eigenvalue weighted by molar-refractivity contribution is 5.92. The van der Waals surface area contributed by atoms with Crippen molar-refractivity contribution in [1.29, 1.82) is 0 Å². The molecule has 0 aromatic heterocycles. The molecule has 2 rings (SSSR count). The highest BCUT2D eigenvalue weighted by Gasteiger charge is 2.57. The Morgan fingerprint density at radius 2 is 2.33 bits per heavy atom. The molecule has 2 aliphatic rings. The highest BCUT2D eigenvalue weighted by Crippen LogP contribution is 2.41. The van der Waals surface area contributed by atoms with E-state index in [1.54, 1.807) is 4.90 Å². The van der Waals surface area contributed by atoms with Crippen LogP contribution in [0.1, 0.15) is 26.2 Å². The molecule has 5 nitrogen and oxygen atoms in total. The maximum Gasteiger partial charge on any atom is 0.307 e. The van der Waals surface area contributed by atoms with Crippen molar-refractivity contribution in [2.75, 3.05) is 13.7 Å². The maximum atomic E-state index is 11.9. The predicted molar refractivity (Wildman–Crippen MR) is 52.9 cm³/mol. The molecule has 15 heavy (non-hydrogen) atoms. The van der Waals surface area contributed by atoms with Gasteiger partial charge in [0.15, 0.2) is 0 Å². The van der Waals surface area contributed by atoms with Gasteiger partial charge in [-0.3, -0.25) is 14.9 Å². The minimum absolute atomic E-state index is 0.0321. The third kappa shape index (κ3) is 1.71. The highest BCUT2D eigenvalue weighted by atomic mass is 16.5. The fourth-order valence-electron chi connectivity index (χ4n) is 2.08. The maximum absolute atomic E-state index is 11.9. The Morgan fingerprint density at radius 1 is 1.67 bits per heavy atom. The van der Waals surface area contributed by atoms with E-state index in [1.807, 2.05) is 6.92 Å². The molecule has 1 saturated carbocycles. The Morgan fingerprint density at radius 3 is 2.80 bits per heavy atom. The van der Waals surface area contributed by atoms with Gasteiger partial charge < -0.3 is 9.64 Å². The second kappa shape index (κ2) is 3.48. The minimum Gasteiger partial charge on any atom is -0.469 e. The Kier molecular flexibility index (Phi) is 2.42. The molecule has 1 aliphatic heterocycles. The summed E-state index contributed by atoms with van der Waals surface area (Å²) in [5, 5.41) is 3.27. The van der Waals surface area contributed by atoms with Gasteiger partial charge in [-0.2, -0.15) is 0 Å². The summed E-state index contributed by atoms with van der Waals surface area (Å²) in [6, 6.07) is 0. The van der Waals surface area contributed by atoms with Crippen LogP contribution in [0, 0.1) is 0 Å². The second-order valence-corrected chi connectivity index (χ2v) is 4.23. The van der Waals surface area contributed by atoms with E-state index in [9.17, 15) is 9.59 Å². The van der Waals surface area contributed by atoms with Gasteiger partial charge in [0, 0.05) is 6.54 Å². The van der Waals surface area contributed by atoms with Crippen LogP contribution in [0.2, 0.25) is 0 Å². The van der Waals surface area contributed by atoms with Gasteiger partial charge in [0.05, 0.1) is 25.2 Å². The van der Waals surface area contributed by atoms with Crippen LogP contribution in [0.25, 0.3) is 0 Å². The van der Waals surface area contributed by atoms with Crippen LogP contribution in [-0.4, -0.2) is 42.1 Å². The standard InChI is InChI=1S/C10H16N2O3/c1-7-11-10(4-5-10)9(14)12(7)6-3-8(13)15-2/h7,11H,3-6H2,1-2H3. The minimum atomic E-state index is -0.282. The number of nitrogens with one attached hydrogen (secondary N) is 1. The van der Waals surface area contributed by atoms with Crippen molar-refractivity contribution in [3.05, 3.63) is 0 Å². The van der Waals surface area contributed by atoms with Crippen molar-refractivity contribution >= 4 is 11.9 Å². The number of carbonyl (C=O) groups excluding carboxylic acids is 2. The van der Waals surface area contributed by atoms with Gasteiger partial charge in [0.25, 0.3) is 0 Å². The van der Waals surface area contributed by atoms with Crippen LogP contribution in [0.15, 0.2) is 0 Å². The molecule has 1 aliphatic carbocycles. The fraction of sp³-hybridized carbons (Fsp3) is 0.800. The van der Waals surface area contributed by atoms with E-state index >= 15 is 0 Å². The van der Waals surface area contributed by atoms with E-state index in [0.717, 1.165) is 12.8 Å². The molecule has 2 fully saturated rings. The number of rotatable bonds is 3. The summed E-state index contributed by atoms with van der Waals surface area (Å²) < 4.78 is 4.55. The van der Waals surface area contributed by atoms with Gasteiger partial charge in [0.2, 0.25) is 5.91 Å². The molecule has 1 amide bonds. The first-order chi connectivity index (χ1) is 7.09. The molecule has 0 radical (unpaired) electrons. The molecular weight excluding hydrogens is 196 g/mol. The van der Waals surface area contributed by atoms with Gasteiger partial charge in [-0.15, -0.1) is 0 Å². The number of ether oxygens (including phenoxy) is 1. The zero-order chi connectivity index (χ0) is 11.1. The second-order valence-electron chi connectivity index (χ2n) is 4.23. The van der Waals surface area contributed by atoms with Crippen molar-refractivity contribution in [2.24, 2.45) is 0 Å². The largest absolute Gasteiger partial charge is 0.469 e. The monoisotopic (exact) mass is 212 g/mol. The van der Waals surface area contributed by atoms with Gasteiger partial charge in [0.1, 0.15) is 0 Å². The van der Waals surface area contributed by atoms with Crippen LogP contribution in [0.5, 0.6) is 0 Å². The van der Waals surface area contributed by atoms with Crippen LogP contribution < -0.4 is 5.32 Å². The normalized spacial score (nSPS) is 27.2. The molecule has 1 N–H and O–H groups in total. The van der Waals surface area contributed by atoms with Crippen LogP contribution in [-0.2, 0) is 14.3 Å². The average Bonchev–Trinajstić information content (AvgIpc) is 2.93. The third-order valence-corrected chi connectivity index (χ3v) is 3.16. The lowest BCUT2D eigenvalue weighted by molar-refractivity contribution is -0.141. The molecule has 84 valence electrons. The van der Waals surface area contributed by atoms with Crippen molar-refractivity contribution in [1.82, 2.24) is 10.2 Å². The fourth-order valence-corrected chi connectivity index (χ4v) is 2.08. The lowest BCUT2D eigenvalue weighted by atomic mass is 10.2. The SMILES string of the molecule is COC(=O)CCN1C(=O)C2(CC2)NC1C. The number of methoxy groups -OCH3 is 1. The number of carbonyl (C=O) groups is 2. The van der Waals surface area contributed by atoms with E-state index in [-0.39, 0.29) is 30.0 Å². The Bertz CT molecular complexity index is 299. The summed E-state index contributed by atoms with van der Waals surface area (Å²) >= 11 is 0. The van der Waals surface area contributed by atoms with Crippen LogP contribution in [0.3, 0.4) is 0 Å².